The molecule has 0 radical (unpaired) electrons. The predicted octanol–water partition coefficient (Wildman–Crippen LogP) is 7.07. The molecule has 1 N–H and O–H groups in total. The number of hydrogen-bond acceptors (Lipinski definition) is 4. The number of amides is 4. The number of carbonyl (C=O) groups excluding carboxylic acids is 3. The minimum atomic E-state index is -0.852. The normalized spacial score (nSPS) is 14.9. The van der Waals surface area contributed by atoms with Crippen LogP contribution in [0.15, 0.2) is 69.1 Å². The van der Waals surface area contributed by atoms with Crippen molar-refractivity contribution in [1.82, 2.24) is 5.32 Å². The van der Waals surface area contributed by atoms with Gasteiger partial charge in [-0.25, -0.2) is 9.69 Å². The Morgan fingerprint density at radius 3 is 2.49 bits per heavy atom. The van der Waals surface area contributed by atoms with Crippen molar-refractivity contribution in [3.8, 4) is 5.75 Å². The molecule has 1 heterocycles. The molecule has 35 heavy (non-hydrogen) atoms. The first kappa shape index (κ1) is 25.4. The topological polar surface area (TPSA) is 75.7 Å². The van der Waals surface area contributed by atoms with E-state index in [0.29, 0.717) is 35.9 Å². The average Bonchev–Trinajstić information content (AvgIpc) is 2.78. The third kappa shape index (κ3) is 5.62. The van der Waals surface area contributed by atoms with Gasteiger partial charge < -0.3 is 4.74 Å². The molecule has 0 unspecified atom stereocenters. The Labute approximate surface area is 228 Å². The summed E-state index contributed by atoms with van der Waals surface area (Å²) >= 11 is 19.1. The van der Waals surface area contributed by atoms with Gasteiger partial charge in [-0.05, 0) is 76.5 Å². The maximum atomic E-state index is 13.4. The second kappa shape index (κ2) is 10.5. The summed E-state index contributed by atoms with van der Waals surface area (Å²) in [4.78, 5) is 39.5. The maximum Gasteiger partial charge on any atom is 0.335 e. The molecular formula is C25H16Br2Cl2N2O4. The number of anilines is 1. The summed E-state index contributed by atoms with van der Waals surface area (Å²) in [5.74, 6) is -1.18. The summed E-state index contributed by atoms with van der Waals surface area (Å²) in [6.07, 6.45) is 1.39. The van der Waals surface area contributed by atoms with Gasteiger partial charge in [0.1, 0.15) is 17.9 Å². The first-order valence-electron chi connectivity index (χ1n) is 10.2. The molecule has 4 rings (SSSR count). The zero-order valence-corrected chi connectivity index (χ0v) is 22.8. The number of rotatable bonds is 5. The van der Waals surface area contributed by atoms with Crippen LogP contribution in [0, 0.1) is 6.92 Å². The van der Waals surface area contributed by atoms with Crippen LogP contribution >= 0.6 is 55.1 Å². The number of nitrogens with one attached hydrogen (secondary N) is 1. The number of imide groups is 2. The highest BCUT2D eigenvalue weighted by atomic mass is 79.9. The van der Waals surface area contributed by atoms with Crippen molar-refractivity contribution in [2.75, 3.05) is 4.90 Å². The Morgan fingerprint density at radius 2 is 1.74 bits per heavy atom. The Hall–Kier alpha value is -2.65. The van der Waals surface area contributed by atoms with Gasteiger partial charge in [0.25, 0.3) is 11.8 Å². The van der Waals surface area contributed by atoms with E-state index in [1.807, 2.05) is 12.1 Å². The molecule has 10 heteroatoms. The predicted molar refractivity (Wildman–Crippen MR) is 143 cm³/mol. The number of nitrogens with zero attached hydrogens (tertiary/aromatic N) is 1. The third-order valence-corrected chi connectivity index (χ3v) is 6.64. The van der Waals surface area contributed by atoms with Gasteiger partial charge in [-0.15, -0.1) is 0 Å². The van der Waals surface area contributed by atoms with Gasteiger partial charge in [-0.2, -0.15) is 0 Å². The minimum Gasteiger partial charge on any atom is -0.487 e. The van der Waals surface area contributed by atoms with Crippen LogP contribution in [0.25, 0.3) is 6.08 Å². The number of aryl methyl sites for hydroxylation is 1. The fourth-order valence-electron chi connectivity index (χ4n) is 3.48. The van der Waals surface area contributed by atoms with Crippen LogP contribution in [0.2, 0.25) is 10.0 Å². The second-order valence-corrected chi connectivity index (χ2v) is 10.3. The van der Waals surface area contributed by atoms with Gasteiger partial charge in [0, 0.05) is 20.1 Å². The van der Waals surface area contributed by atoms with Gasteiger partial charge in [-0.3, -0.25) is 14.9 Å². The van der Waals surface area contributed by atoms with E-state index in [9.17, 15) is 14.4 Å². The molecule has 1 fully saturated rings. The number of halogens is 4. The zero-order valence-electron chi connectivity index (χ0n) is 18.1. The molecule has 0 aliphatic carbocycles. The van der Waals surface area contributed by atoms with Crippen LogP contribution in [0.4, 0.5) is 10.5 Å². The fourth-order valence-corrected chi connectivity index (χ4v) is 5.23. The van der Waals surface area contributed by atoms with Gasteiger partial charge in [0.15, 0.2) is 0 Å². The van der Waals surface area contributed by atoms with Crippen molar-refractivity contribution in [3.63, 3.8) is 0 Å². The van der Waals surface area contributed by atoms with Crippen molar-refractivity contribution >= 4 is 84.7 Å². The number of barbiturate groups is 1. The van der Waals surface area contributed by atoms with E-state index in [4.69, 9.17) is 27.9 Å². The third-order valence-electron chi connectivity index (χ3n) is 5.12. The highest BCUT2D eigenvalue weighted by Gasteiger charge is 2.37. The monoisotopic (exact) mass is 636 g/mol. The number of hydrogen-bond donors (Lipinski definition) is 1. The molecule has 0 bridgehead atoms. The molecule has 1 saturated heterocycles. The van der Waals surface area contributed by atoms with E-state index < -0.39 is 17.8 Å². The van der Waals surface area contributed by atoms with Crippen molar-refractivity contribution in [3.05, 3.63) is 95.9 Å². The summed E-state index contributed by atoms with van der Waals surface area (Å²) in [6.45, 7) is 1.93. The molecular weight excluding hydrogens is 623 g/mol. The van der Waals surface area contributed by atoms with Gasteiger partial charge in [0.2, 0.25) is 0 Å². The van der Waals surface area contributed by atoms with Crippen LogP contribution < -0.4 is 15.0 Å². The van der Waals surface area contributed by atoms with Crippen LogP contribution in [0.1, 0.15) is 16.7 Å². The lowest BCUT2D eigenvalue weighted by atomic mass is 10.0. The number of carbonyl (C=O) groups is 3. The zero-order chi connectivity index (χ0) is 25.3. The van der Waals surface area contributed by atoms with Crippen LogP contribution in [0.3, 0.4) is 0 Å². The molecule has 4 amide bonds. The Kier molecular flexibility index (Phi) is 7.66. The molecule has 1 aliphatic rings. The van der Waals surface area contributed by atoms with Crippen LogP contribution in [0.5, 0.6) is 5.75 Å². The van der Waals surface area contributed by atoms with Crippen molar-refractivity contribution in [2.45, 2.75) is 13.5 Å². The molecule has 3 aromatic rings. The highest BCUT2D eigenvalue weighted by molar-refractivity contribution is 9.11. The Bertz CT molecular complexity index is 1410. The fraction of sp³-hybridized carbons (Fsp3) is 0.0800. The van der Waals surface area contributed by atoms with Crippen LogP contribution in [-0.2, 0) is 16.2 Å². The number of ether oxygens (including phenoxy) is 1. The summed E-state index contributed by atoms with van der Waals surface area (Å²) < 4.78 is 7.32. The summed E-state index contributed by atoms with van der Waals surface area (Å²) in [6, 6.07) is 14.7. The molecule has 0 atom stereocenters. The lowest BCUT2D eigenvalue weighted by Gasteiger charge is -2.27. The largest absolute Gasteiger partial charge is 0.487 e. The quantitative estimate of drug-likeness (QED) is 0.240. The van der Waals surface area contributed by atoms with Gasteiger partial charge in [-0.1, -0.05) is 57.3 Å². The standard InChI is InChI=1S/C25H16Br2Cl2N2O4/c1-13-5-6-18(29)11-21(13)31-24(33)19(23(32)30-25(31)34)9-15-8-16(26)10-20(27)22(15)35-12-14-3-2-4-17(28)7-14/h2-11H,12H2,1H3,(H,30,32,34)/b19-9+. The Morgan fingerprint density at radius 1 is 1.00 bits per heavy atom. The van der Waals surface area contributed by atoms with Crippen molar-refractivity contribution in [1.29, 1.82) is 0 Å². The molecule has 6 nitrogen and oxygen atoms in total. The van der Waals surface area contributed by atoms with Crippen molar-refractivity contribution < 1.29 is 19.1 Å². The van der Waals surface area contributed by atoms with Gasteiger partial charge in [0.05, 0.1) is 10.2 Å². The van der Waals surface area contributed by atoms with Crippen molar-refractivity contribution in [2.24, 2.45) is 0 Å². The molecule has 3 aromatic carbocycles. The molecule has 178 valence electrons. The summed E-state index contributed by atoms with van der Waals surface area (Å²) in [5.41, 5.74) is 1.98. The smallest absolute Gasteiger partial charge is 0.335 e. The molecule has 0 aromatic heterocycles. The highest BCUT2D eigenvalue weighted by Crippen LogP contribution is 2.36. The van der Waals surface area contributed by atoms with E-state index in [-0.39, 0.29) is 17.9 Å². The SMILES string of the molecule is Cc1ccc(Cl)cc1N1C(=O)NC(=O)/C(=C\c2cc(Br)cc(Br)c2OCc2cccc(Cl)c2)C1=O. The lowest BCUT2D eigenvalue weighted by molar-refractivity contribution is -0.122. The number of urea groups is 1. The molecule has 0 spiro atoms. The molecule has 0 saturated carbocycles. The minimum absolute atomic E-state index is 0.198. The summed E-state index contributed by atoms with van der Waals surface area (Å²) in [5, 5.41) is 3.15. The Balaban J connectivity index is 1.74. The molecule has 1 aliphatic heterocycles. The van der Waals surface area contributed by atoms with E-state index >= 15 is 0 Å². The van der Waals surface area contributed by atoms with Gasteiger partial charge >= 0.3 is 6.03 Å². The van der Waals surface area contributed by atoms with E-state index in [1.54, 1.807) is 43.3 Å². The lowest BCUT2D eigenvalue weighted by Crippen LogP contribution is -2.54. The number of benzene rings is 3. The van der Waals surface area contributed by atoms with E-state index in [0.717, 1.165) is 10.5 Å². The average molecular weight is 639 g/mol. The van der Waals surface area contributed by atoms with Crippen LogP contribution in [-0.4, -0.2) is 17.8 Å². The first-order chi connectivity index (χ1) is 16.6. The maximum absolute atomic E-state index is 13.4. The second-order valence-electron chi connectivity index (χ2n) is 7.61. The van der Waals surface area contributed by atoms with E-state index in [1.165, 1.54) is 12.1 Å². The van der Waals surface area contributed by atoms with E-state index in [2.05, 4.69) is 37.2 Å². The summed E-state index contributed by atoms with van der Waals surface area (Å²) in [7, 11) is 0. The first-order valence-corrected chi connectivity index (χ1v) is 12.5.